The Labute approximate surface area is 173 Å². The first kappa shape index (κ1) is 20.8. The summed E-state index contributed by atoms with van der Waals surface area (Å²) >= 11 is 0. The van der Waals surface area contributed by atoms with E-state index in [1.807, 2.05) is 29.2 Å². The van der Waals surface area contributed by atoms with Gasteiger partial charge in [-0.15, -0.1) is 0 Å². The predicted octanol–water partition coefficient (Wildman–Crippen LogP) is 3.15. The van der Waals surface area contributed by atoms with Crippen LogP contribution in [-0.4, -0.2) is 53.0 Å². The average molecular weight is 392 g/mol. The van der Waals surface area contributed by atoms with Gasteiger partial charge < -0.3 is 10.2 Å². The minimum absolute atomic E-state index is 0.00528. The van der Waals surface area contributed by atoms with Gasteiger partial charge in [-0.3, -0.25) is 9.88 Å². The van der Waals surface area contributed by atoms with Crippen LogP contribution in [0.3, 0.4) is 0 Å². The van der Waals surface area contributed by atoms with Crippen molar-refractivity contribution in [2.75, 3.05) is 26.2 Å². The summed E-state index contributed by atoms with van der Waals surface area (Å²) in [5.41, 5.74) is 2.67. The fraction of sp³-hybridized carbons (Fsp3) is 0.435. The van der Waals surface area contributed by atoms with Crippen molar-refractivity contribution in [3.63, 3.8) is 0 Å². The molecule has 29 heavy (non-hydrogen) atoms. The molecular formula is C23H29N5O. The lowest BCUT2D eigenvalue weighted by Crippen LogP contribution is -2.55. The summed E-state index contributed by atoms with van der Waals surface area (Å²) in [5, 5.41) is 12.2. The third-order valence-corrected chi connectivity index (χ3v) is 5.93. The van der Waals surface area contributed by atoms with Crippen LogP contribution in [0.25, 0.3) is 0 Å². The second-order valence-electron chi connectivity index (χ2n) is 8.22. The fourth-order valence-corrected chi connectivity index (χ4v) is 3.58. The van der Waals surface area contributed by atoms with Crippen molar-refractivity contribution in [2.45, 2.75) is 38.8 Å². The van der Waals surface area contributed by atoms with E-state index in [1.54, 1.807) is 12.4 Å². The van der Waals surface area contributed by atoms with Crippen molar-refractivity contribution in [3.05, 3.63) is 65.5 Å². The van der Waals surface area contributed by atoms with Crippen molar-refractivity contribution in [2.24, 2.45) is 0 Å². The molecule has 2 heterocycles. The number of amides is 2. The van der Waals surface area contributed by atoms with Crippen LogP contribution in [0.15, 0.2) is 48.8 Å². The summed E-state index contributed by atoms with van der Waals surface area (Å²) in [5.74, 6) is 0. The van der Waals surface area contributed by atoms with Gasteiger partial charge >= 0.3 is 6.03 Å². The zero-order valence-electron chi connectivity index (χ0n) is 17.4. The van der Waals surface area contributed by atoms with Gasteiger partial charge in [-0.25, -0.2) is 4.79 Å². The van der Waals surface area contributed by atoms with E-state index in [4.69, 9.17) is 5.26 Å². The highest BCUT2D eigenvalue weighted by atomic mass is 16.2. The topological polar surface area (TPSA) is 72.3 Å². The molecule has 0 spiro atoms. The molecule has 1 aromatic heterocycles. The van der Waals surface area contributed by atoms with Crippen LogP contribution in [0.2, 0.25) is 0 Å². The summed E-state index contributed by atoms with van der Waals surface area (Å²) in [7, 11) is 0. The summed E-state index contributed by atoms with van der Waals surface area (Å²) in [6.45, 7) is 10.1. The van der Waals surface area contributed by atoms with Crippen LogP contribution in [0, 0.1) is 11.3 Å². The van der Waals surface area contributed by atoms with Crippen molar-refractivity contribution >= 4 is 6.03 Å². The molecule has 1 unspecified atom stereocenters. The quantitative estimate of drug-likeness (QED) is 0.850. The number of piperazine rings is 1. The highest BCUT2D eigenvalue weighted by Gasteiger charge is 2.31. The van der Waals surface area contributed by atoms with Crippen LogP contribution in [-0.2, 0) is 12.0 Å². The number of benzene rings is 1. The number of aromatic nitrogens is 1. The van der Waals surface area contributed by atoms with Crippen molar-refractivity contribution in [3.8, 4) is 6.07 Å². The normalized spacial score (nSPS) is 16.1. The number of nitrogens with one attached hydrogen (secondary N) is 1. The zero-order chi connectivity index (χ0) is 20.9. The SMILES string of the molecule is CC(NC(=O)N1CCN(Cc2cncc(C#N)c2)CC1)C(C)(C)c1ccccc1. The maximum Gasteiger partial charge on any atom is 0.317 e. The molecule has 152 valence electrons. The van der Waals surface area contributed by atoms with Crippen LogP contribution in [0.1, 0.15) is 37.5 Å². The molecule has 0 saturated carbocycles. The van der Waals surface area contributed by atoms with E-state index in [-0.39, 0.29) is 17.5 Å². The standard InChI is InChI=1S/C23H29N5O/c1-18(23(2,3)21-7-5-4-6-8-21)26-22(29)28-11-9-27(10-12-28)17-20-13-19(14-24)15-25-16-20/h4-8,13,15-16,18H,9-12,17H2,1-3H3,(H,26,29). The van der Waals surface area contributed by atoms with E-state index in [9.17, 15) is 4.79 Å². The van der Waals surface area contributed by atoms with E-state index >= 15 is 0 Å². The van der Waals surface area contributed by atoms with Gasteiger partial charge in [0.15, 0.2) is 0 Å². The number of rotatable bonds is 5. The Balaban J connectivity index is 1.51. The van der Waals surface area contributed by atoms with Gasteiger partial charge in [0.2, 0.25) is 0 Å². The number of carbonyl (C=O) groups is 1. The van der Waals surface area contributed by atoms with Crippen LogP contribution < -0.4 is 5.32 Å². The number of carbonyl (C=O) groups excluding carboxylic acids is 1. The fourth-order valence-electron chi connectivity index (χ4n) is 3.58. The molecule has 1 atom stereocenters. The number of nitriles is 1. The van der Waals surface area contributed by atoms with Crippen LogP contribution in [0.5, 0.6) is 0 Å². The molecule has 0 aliphatic carbocycles. The van der Waals surface area contributed by atoms with E-state index < -0.39 is 0 Å². The molecule has 0 bridgehead atoms. The Morgan fingerprint density at radius 2 is 1.90 bits per heavy atom. The average Bonchev–Trinajstić information content (AvgIpc) is 2.75. The van der Waals surface area contributed by atoms with Gasteiger partial charge in [-0.05, 0) is 24.1 Å². The van der Waals surface area contributed by atoms with Gasteiger partial charge in [0, 0.05) is 56.6 Å². The minimum atomic E-state index is -0.155. The monoisotopic (exact) mass is 391 g/mol. The van der Waals surface area contributed by atoms with E-state index in [0.717, 1.165) is 25.2 Å². The number of urea groups is 1. The highest BCUT2D eigenvalue weighted by molar-refractivity contribution is 5.74. The minimum Gasteiger partial charge on any atom is -0.335 e. The van der Waals surface area contributed by atoms with Crippen molar-refractivity contribution < 1.29 is 4.79 Å². The van der Waals surface area contributed by atoms with Crippen LogP contribution in [0.4, 0.5) is 4.79 Å². The number of nitrogens with zero attached hydrogens (tertiary/aromatic N) is 4. The summed E-state index contributed by atoms with van der Waals surface area (Å²) in [6.07, 6.45) is 3.37. The van der Waals surface area contributed by atoms with Crippen molar-refractivity contribution in [1.29, 1.82) is 5.26 Å². The molecule has 2 aromatic rings. The second kappa shape index (κ2) is 9.06. The second-order valence-corrected chi connectivity index (χ2v) is 8.22. The third-order valence-electron chi connectivity index (χ3n) is 5.93. The lowest BCUT2D eigenvalue weighted by Gasteiger charge is -2.38. The number of pyridine rings is 1. The third kappa shape index (κ3) is 5.12. The summed E-state index contributed by atoms with van der Waals surface area (Å²) < 4.78 is 0. The molecule has 2 amide bonds. The maximum atomic E-state index is 12.8. The maximum absolute atomic E-state index is 12.8. The lowest BCUT2D eigenvalue weighted by molar-refractivity contribution is 0.131. The Hall–Kier alpha value is -2.91. The molecule has 1 aromatic carbocycles. The summed E-state index contributed by atoms with van der Waals surface area (Å²) in [6, 6.07) is 14.3. The van der Waals surface area contributed by atoms with Gasteiger partial charge in [-0.2, -0.15) is 5.26 Å². The summed E-state index contributed by atoms with van der Waals surface area (Å²) in [4.78, 5) is 21.1. The molecule has 1 N–H and O–H groups in total. The molecule has 1 saturated heterocycles. The highest BCUT2D eigenvalue weighted by Crippen LogP contribution is 2.27. The zero-order valence-corrected chi connectivity index (χ0v) is 17.4. The van der Waals surface area contributed by atoms with Crippen LogP contribution >= 0.6 is 0 Å². The first-order valence-electron chi connectivity index (χ1n) is 10.1. The molecule has 0 radical (unpaired) electrons. The smallest absolute Gasteiger partial charge is 0.317 e. The van der Waals surface area contributed by atoms with Gasteiger partial charge in [0.1, 0.15) is 6.07 Å². The molecule has 1 fully saturated rings. The molecule has 6 heteroatoms. The predicted molar refractivity (Wildman–Crippen MR) is 113 cm³/mol. The first-order valence-corrected chi connectivity index (χ1v) is 10.1. The molecule has 1 aliphatic rings. The molecule has 1 aliphatic heterocycles. The van der Waals surface area contributed by atoms with E-state index in [1.165, 1.54) is 5.56 Å². The Morgan fingerprint density at radius 3 is 2.55 bits per heavy atom. The van der Waals surface area contributed by atoms with E-state index in [2.05, 4.69) is 54.2 Å². The molecular weight excluding hydrogens is 362 g/mol. The lowest BCUT2D eigenvalue weighted by atomic mass is 9.78. The van der Waals surface area contributed by atoms with Gasteiger partial charge in [0.25, 0.3) is 0 Å². The number of hydrogen-bond donors (Lipinski definition) is 1. The Bertz CT molecular complexity index is 866. The molecule has 6 nitrogen and oxygen atoms in total. The Morgan fingerprint density at radius 1 is 1.21 bits per heavy atom. The largest absolute Gasteiger partial charge is 0.335 e. The Kier molecular flexibility index (Phi) is 6.50. The van der Waals surface area contributed by atoms with Gasteiger partial charge in [0.05, 0.1) is 5.56 Å². The first-order chi connectivity index (χ1) is 13.9. The number of hydrogen-bond acceptors (Lipinski definition) is 4. The van der Waals surface area contributed by atoms with E-state index in [0.29, 0.717) is 18.7 Å². The van der Waals surface area contributed by atoms with Gasteiger partial charge in [-0.1, -0.05) is 44.2 Å². The van der Waals surface area contributed by atoms with Crippen molar-refractivity contribution in [1.82, 2.24) is 20.1 Å². The molecule has 3 rings (SSSR count).